The molecule has 0 aliphatic carbocycles. The van der Waals surface area contributed by atoms with Gasteiger partial charge in [-0.2, -0.15) is 0 Å². The van der Waals surface area contributed by atoms with E-state index in [1.54, 1.807) is 31.4 Å². The highest BCUT2D eigenvalue weighted by molar-refractivity contribution is 6.13. The van der Waals surface area contributed by atoms with Crippen LogP contribution in [0.25, 0.3) is 6.08 Å². The van der Waals surface area contributed by atoms with E-state index in [1.165, 1.54) is 0 Å². The fourth-order valence-electron chi connectivity index (χ4n) is 2.50. The highest BCUT2D eigenvalue weighted by atomic mass is 16.7. The van der Waals surface area contributed by atoms with Crippen LogP contribution in [0.3, 0.4) is 0 Å². The van der Waals surface area contributed by atoms with Gasteiger partial charge in [-0.15, -0.1) is 0 Å². The van der Waals surface area contributed by atoms with Crippen molar-refractivity contribution in [3.63, 3.8) is 0 Å². The zero-order valence-electron chi connectivity index (χ0n) is 12.8. The summed E-state index contributed by atoms with van der Waals surface area (Å²) >= 11 is 0. The minimum absolute atomic E-state index is 0.185. The molecular formula is C18H13NO5. The number of nitrogens with zero attached hydrogens (tertiary/aromatic N) is 1. The number of ether oxygens (including phenoxy) is 4. The molecule has 2 aliphatic rings. The Kier molecular flexibility index (Phi) is 3.42. The molecule has 24 heavy (non-hydrogen) atoms. The number of para-hydroxylation sites is 1. The van der Waals surface area contributed by atoms with Crippen LogP contribution in [0, 0.1) is 0 Å². The molecule has 0 bridgehead atoms. The van der Waals surface area contributed by atoms with Gasteiger partial charge in [-0.3, -0.25) is 0 Å². The van der Waals surface area contributed by atoms with Crippen LogP contribution >= 0.6 is 0 Å². The summed E-state index contributed by atoms with van der Waals surface area (Å²) < 4.78 is 21.1. The van der Waals surface area contributed by atoms with Crippen molar-refractivity contribution in [2.24, 2.45) is 4.99 Å². The number of benzene rings is 2. The van der Waals surface area contributed by atoms with Gasteiger partial charge in [0.2, 0.25) is 12.7 Å². The summed E-state index contributed by atoms with van der Waals surface area (Å²) in [6, 6.07) is 12.6. The topological polar surface area (TPSA) is 66.3 Å². The second-order valence-electron chi connectivity index (χ2n) is 5.15. The van der Waals surface area contributed by atoms with Gasteiger partial charge in [0.05, 0.1) is 7.11 Å². The number of rotatable bonds is 3. The van der Waals surface area contributed by atoms with E-state index >= 15 is 0 Å². The Labute approximate surface area is 137 Å². The van der Waals surface area contributed by atoms with Crippen molar-refractivity contribution in [3.05, 3.63) is 59.3 Å². The first-order chi connectivity index (χ1) is 11.7. The number of fused-ring (bicyclic) bond motifs is 1. The molecule has 0 radical (unpaired) electrons. The summed E-state index contributed by atoms with van der Waals surface area (Å²) in [4.78, 5) is 16.4. The van der Waals surface area contributed by atoms with Crippen molar-refractivity contribution in [2.45, 2.75) is 0 Å². The molecule has 0 amide bonds. The lowest BCUT2D eigenvalue weighted by molar-refractivity contribution is -0.129. The molecule has 120 valence electrons. The highest BCUT2D eigenvalue weighted by Gasteiger charge is 2.26. The zero-order valence-corrected chi connectivity index (χ0v) is 12.8. The number of esters is 1. The molecule has 0 saturated heterocycles. The Balaban J connectivity index is 1.69. The second-order valence-corrected chi connectivity index (χ2v) is 5.15. The Morgan fingerprint density at radius 3 is 2.83 bits per heavy atom. The van der Waals surface area contributed by atoms with Gasteiger partial charge in [-0.1, -0.05) is 18.2 Å². The summed E-state index contributed by atoms with van der Waals surface area (Å²) in [7, 11) is 1.58. The van der Waals surface area contributed by atoms with Gasteiger partial charge in [-0.25, -0.2) is 9.79 Å². The minimum Gasteiger partial charge on any atom is -0.496 e. The van der Waals surface area contributed by atoms with Gasteiger partial charge in [0.15, 0.2) is 17.2 Å². The quantitative estimate of drug-likeness (QED) is 0.642. The summed E-state index contributed by atoms with van der Waals surface area (Å²) in [5.74, 6) is 1.65. The van der Waals surface area contributed by atoms with Crippen LogP contribution in [0.5, 0.6) is 17.2 Å². The van der Waals surface area contributed by atoms with Crippen molar-refractivity contribution in [3.8, 4) is 17.2 Å². The Hall–Kier alpha value is -3.28. The molecule has 0 atom stereocenters. The van der Waals surface area contributed by atoms with Gasteiger partial charge in [0.1, 0.15) is 5.75 Å². The van der Waals surface area contributed by atoms with Crippen LogP contribution in [0.4, 0.5) is 0 Å². The molecule has 6 heteroatoms. The largest absolute Gasteiger partial charge is 0.496 e. The SMILES string of the molecule is COc1ccccc1/C=C1/N=C(c2ccc3c(c2)OCO3)OC1=O. The lowest BCUT2D eigenvalue weighted by Gasteiger charge is -2.03. The molecule has 0 fully saturated rings. The predicted molar refractivity (Wildman–Crippen MR) is 86.2 cm³/mol. The van der Waals surface area contributed by atoms with Gasteiger partial charge in [-0.05, 0) is 30.3 Å². The maximum atomic E-state index is 12.1. The van der Waals surface area contributed by atoms with Crippen molar-refractivity contribution in [2.75, 3.05) is 13.9 Å². The van der Waals surface area contributed by atoms with E-state index in [4.69, 9.17) is 18.9 Å². The smallest absolute Gasteiger partial charge is 0.363 e. The van der Waals surface area contributed by atoms with Crippen LogP contribution in [-0.4, -0.2) is 25.8 Å². The van der Waals surface area contributed by atoms with E-state index in [0.29, 0.717) is 22.8 Å². The van der Waals surface area contributed by atoms with Crippen LogP contribution in [-0.2, 0) is 9.53 Å². The third kappa shape index (κ3) is 2.48. The van der Waals surface area contributed by atoms with Crippen LogP contribution in [0.2, 0.25) is 0 Å². The lowest BCUT2D eigenvalue weighted by Crippen LogP contribution is -2.05. The Bertz CT molecular complexity index is 885. The molecule has 6 nitrogen and oxygen atoms in total. The maximum Gasteiger partial charge on any atom is 0.363 e. The average molecular weight is 323 g/mol. The van der Waals surface area contributed by atoms with Gasteiger partial charge in [0.25, 0.3) is 0 Å². The number of carbonyl (C=O) groups excluding carboxylic acids is 1. The van der Waals surface area contributed by atoms with Crippen LogP contribution < -0.4 is 14.2 Å². The summed E-state index contributed by atoms with van der Waals surface area (Å²) in [6.07, 6.45) is 1.64. The molecule has 0 N–H and O–H groups in total. The number of cyclic esters (lactones) is 1. The molecule has 2 aromatic rings. The zero-order chi connectivity index (χ0) is 16.5. The first-order valence-corrected chi connectivity index (χ1v) is 7.30. The minimum atomic E-state index is -0.506. The normalized spacial score (nSPS) is 17.0. The van der Waals surface area contributed by atoms with Crippen molar-refractivity contribution in [1.82, 2.24) is 0 Å². The fourth-order valence-corrected chi connectivity index (χ4v) is 2.50. The Morgan fingerprint density at radius 2 is 1.96 bits per heavy atom. The van der Waals surface area contributed by atoms with E-state index in [9.17, 15) is 4.79 Å². The number of aliphatic imine (C=N–C) groups is 1. The van der Waals surface area contributed by atoms with E-state index < -0.39 is 5.97 Å². The molecule has 2 aliphatic heterocycles. The number of hydrogen-bond acceptors (Lipinski definition) is 6. The second kappa shape index (κ2) is 5.73. The maximum absolute atomic E-state index is 12.1. The molecule has 4 rings (SSSR count). The third-order valence-corrected chi connectivity index (χ3v) is 3.67. The molecular weight excluding hydrogens is 310 g/mol. The first-order valence-electron chi connectivity index (χ1n) is 7.30. The Morgan fingerprint density at radius 1 is 1.12 bits per heavy atom. The van der Waals surface area contributed by atoms with Gasteiger partial charge >= 0.3 is 5.97 Å². The number of methoxy groups -OCH3 is 1. The third-order valence-electron chi connectivity index (χ3n) is 3.67. The fraction of sp³-hybridized carbons (Fsp3) is 0.111. The molecule has 0 aromatic heterocycles. The van der Waals surface area contributed by atoms with Crippen LogP contribution in [0.1, 0.15) is 11.1 Å². The van der Waals surface area contributed by atoms with Gasteiger partial charge < -0.3 is 18.9 Å². The highest BCUT2D eigenvalue weighted by Crippen LogP contribution is 2.33. The van der Waals surface area contributed by atoms with Crippen molar-refractivity contribution >= 4 is 17.9 Å². The van der Waals surface area contributed by atoms with Gasteiger partial charge in [0, 0.05) is 11.1 Å². The average Bonchev–Trinajstić information content (AvgIpc) is 3.21. The van der Waals surface area contributed by atoms with Crippen molar-refractivity contribution in [1.29, 1.82) is 0 Å². The summed E-state index contributed by atoms with van der Waals surface area (Å²) in [5.41, 5.74) is 1.62. The molecule has 0 saturated carbocycles. The molecule has 0 unspecified atom stereocenters. The predicted octanol–water partition coefficient (Wildman–Crippen LogP) is 2.77. The molecule has 2 aromatic carbocycles. The summed E-state index contributed by atoms with van der Waals surface area (Å²) in [6.45, 7) is 0.185. The lowest BCUT2D eigenvalue weighted by atomic mass is 10.1. The van der Waals surface area contributed by atoms with E-state index in [1.807, 2.05) is 24.3 Å². The summed E-state index contributed by atoms with van der Waals surface area (Å²) in [5, 5.41) is 0. The van der Waals surface area contributed by atoms with E-state index in [0.717, 1.165) is 5.56 Å². The monoisotopic (exact) mass is 323 g/mol. The number of hydrogen-bond donors (Lipinski definition) is 0. The van der Waals surface area contributed by atoms with E-state index in [2.05, 4.69) is 4.99 Å². The van der Waals surface area contributed by atoms with Crippen molar-refractivity contribution < 1.29 is 23.7 Å². The number of carbonyl (C=O) groups is 1. The first kappa shape index (κ1) is 14.3. The van der Waals surface area contributed by atoms with Crippen LogP contribution in [0.15, 0.2) is 53.2 Å². The molecule has 2 heterocycles. The standard InChI is InChI=1S/C18H13NO5/c1-21-14-5-3-2-4-11(14)8-13-18(20)24-17(19-13)12-6-7-15-16(9-12)23-10-22-15/h2-9H,10H2,1H3/b13-8+. The van der Waals surface area contributed by atoms with E-state index in [-0.39, 0.29) is 18.4 Å². The molecule has 0 spiro atoms.